The highest BCUT2D eigenvalue weighted by Crippen LogP contribution is 2.55. The Bertz CT molecular complexity index is 737. The standard InChI is InChI=1S/C20H26N2O4/c1-21(2)9-14-15-10-22(11-20(15)6-5-16(14)26-20)19(23)8-13-3-4-17-18(7-13)25-12-24-17/h3-4,7,14-16H,5-6,8-12H2,1-2H3/t14-,15+,16+,20+/m0/s1. The van der Waals surface area contributed by atoms with E-state index in [1.165, 1.54) is 0 Å². The molecule has 3 saturated heterocycles. The summed E-state index contributed by atoms with van der Waals surface area (Å²) in [5.41, 5.74) is 0.888. The van der Waals surface area contributed by atoms with E-state index in [0.29, 0.717) is 24.4 Å². The number of ether oxygens (including phenoxy) is 3. The van der Waals surface area contributed by atoms with Crippen LogP contribution in [-0.4, -0.2) is 67.9 Å². The lowest BCUT2D eigenvalue weighted by Crippen LogP contribution is -2.40. The first-order chi connectivity index (χ1) is 12.5. The summed E-state index contributed by atoms with van der Waals surface area (Å²) in [6.45, 7) is 2.88. The molecule has 2 bridgehead atoms. The number of carbonyl (C=O) groups is 1. The second kappa shape index (κ2) is 5.86. The number of hydrogen-bond acceptors (Lipinski definition) is 5. The Morgan fingerprint density at radius 3 is 3.00 bits per heavy atom. The lowest BCUT2D eigenvalue weighted by molar-refractivity contribution is -0.131. The Labute approximate surface area is 154 Å². The zero-order valence-corrected chi connectivity index (χ0v) is 15.4. The summed E-state index contributed by atoms with van der Waals surface area (Å²) in [7, 11) is 4.24. The highest BCUT2D eigenvalue weighted by molar-refractivity contribution is 5.79. The Balaban J connectivity index is 1.29. The summed E-state index contributed by atoms with van der Waals surface area (Å²) in [5, 5.41) is 0. The number of nitrogens with zero attached hydrogens (tertiary/aromatic N) is 2. The highest BCUT2D eigenvalue weighted by Gasteiger charge is 2.63. The number of hydrogen-bond donors (Lipinski definition) is 0. The summed E-state index contributed by atoms with van der Waals surface area (Å²) in [5.74, 6) is 2.70. The molecule has 4 atom stereocenters. The van der Waals surface area contributed by atoms with Crippen LogP contribution in [0.5, 0.6) is 11.5 Å². The van der Waals surface area contributed by atoms with Gasteiger partial charge < -0.3 is 24.0 Å². The van der Waals surface area contributed by atoms with Crippen LogP contribution in [0.3, 0.4) is 0 Å². The average Bonchev–Trinajstić information content (AvgIpc) is 3.34. The molecule has 0 aromatic heterocycles. The SMILES string of the molecule is CN(C)C[C@H]1[C@H]2CN(C(=O)Cc3ccc4c(c3)OCO4)C[C@]23CC[C@H]1O3. The van der Waals surface area contributed by atoms with Gasteiger partial charge in [-0.05, 0) is 44.6 Å². The van der Waals surface area contributed by atoms with E-state index >= 15 is 0 Å². The van der Waals surface area contributed by atoms with E-state index < -0.39 is 0 Å². The van der Waals surface area contributed by atoms with Gasteiger partial charge in [-0.2, -0.15) is 0 Å². The molecule has 6 heteroatoms. The lowest BCUT2D eigenvalue weighted by Gasteiger charge is -2.30. The van der Waals surface area contributed by atoms with Gasteiger partial charge in [0.25, 0.3) is 0 Å². The van der Waals surface area contributed by atoms with Crippen molar-refractivity contribution >= 4 is 5.91 Å². The molecule has 0 aliphatic carbocycles. The van der Waals surface area contributed by atoms with Crippen molar-refractivity contribution in [2.24, 2.45) is 11.8 Å². The van der Waals surface area contributed by atoms with Crippen molar-refractivity contribution in [3.8, 4) is 11.5 Å². The van der Waals surface area contributed by atoms with Crippen molar-refractivity contribution < 1.29 is 19.0 Å². The molecular formula is C20H26N2O4. The van der Waals surface area contributed by atoms with Gasteiger partial charge in [-0.25, -0.2) is 0 Å². The third-order valence-electron chi connectivity index (χ3n) is 6.50. The maximum atomic E-state index is 12.9. The molecular weight excluding hydrogens is 332 g/mol. The van der Waals surface area contributed by atoms with Crippen LogP contribution < -0.4 is 9.47 Å². The molecule has 1 aromatic carbocycles. The monoisotopic (exact) mass is 358 g/mol. The molecule has 6 nitrogen and oxygen atoms in total. The second-order valence-corrected chi connectivity index (χ2v) is 8.43. The lowest BCUT2D eigenvalue weighted by atomic mass is 9.73. The largest absolute Gasteiger partial charge is 0.454 e. The summed E-state index contributed by atoms with van der Waals surface area (Å²) in [6.07, 6.45) is 3.02. The fourth-order valence-corrected chi connectivity index (χ4v) is 5.38. The van der Waals surface area contributed by atoms with Gasteiger partial charge in [0, 0.05) is 24.9 Å². The van der Waals surface area contributed by atoms with Crippen molar-refractivity contribution in [3.63, 3.8) is 0 Å². The summed E-state index contributed by atoms with van der Waals surface area (Å²) < 4.78 is 17.2. The van der Waals surface area contributed by atoms with E-state index in [0.717, 1.165) is 49.5 Å². The Morgan fingerprint density at radius 2 is 2.15 bits per heavy atom. The Morgan fingerprint density at radius 1 is 1.31 bits per heavy atom. The number of likely N-dealkylation sites (tertiary alicyclic amines) is 1. The van der Waals surface area contributed by atoms with E-state index in [2.05, 4.69) is 19.0 Å². The number of benzene rings is 1. The fourth-order valence-electron chi connectivity index (χ4n) is 5.38. The zero-order chi connectivity index (χ0) is 17.9. The minimum atomic E-state index is -0.0874. The normalized spacial score (nSPS) is 34.0. The molecule has 5 rings (SSSR count). The van der Waals surface area contributed by atoms with Crippen LogP contribution in [0.25, 0.3) is 0 Å². The van der Waals surface area contributed by atoms with Crippen molar-refractivity contribution in [1.29, 1.82) is 0 Å². The third kappa shape index (κ3) is 2.50. The molecule has 1 amide bonds. The van der Waals surface area contributed by atoms with Crippen LogP contribution in [-0.2, 0) is 16.0 Å². The molecule has 0 radical (unpaired) electrons. The van der Waals surface area contributed by atoms with Crippen LogP contribution in [0.2, 0.25) is 0 Å². The quantitative estimate of drug-likeness (QED) is 0.817. The van der Waals surface area contributed by atoms with E-state index in [4.69, 9.17) is 14.2 Å². The predicted molar refractivity (Wildman–Crippen MR) is 95.2 cm³/mol. The van der Waals surface area contributed by atoms with Crippen LogP contribution in [0, 0.1) is 11.8 Å². The van der Waals surface area contributed by atoms with Gasteiger partial charge in [0.05, 0.1) is 24.7 Å². The minimum absolute atomic E-state index is 0.0874. The van der Waals surface area contributed by atoms with Crippen molar-refractivity contribution in [2.45, 2.75) is 31.0 Å². The Kier molecular flexibility index (Phi) is 3.69. The summed E-state index contributed by atoms with van der Waals surface area (Å²) in [4.78, 5) is 17.2. The van der Waals surface area contributed by atoms with Crippen LogP contribution in [0.1, 0.15) is 18.4 Å². The summed E-state index contributed by atoms with van der Waals surface area (Å²) in [6, 6.07) is 5.77. The molecule has 3 fully saturated rings. The van der Waals surface area contributed by atoms with Crippen LogP contribution in [0.4, 0.5) is 0 Å². The van der Waals surface area contributed by atoms with Gasteiger partial charge in [-0.3, -0.25) is 4.79 Å². The van der Waals surface area contributed by atoms with Crippen molar-refractivity contribution in [1.82, 2.24) is 9.80 Å². The molecule has 0 unspecified atom stereocenters. The van der Waals surface area contributed by atoms with Gasteiger partial charge in [0.2, 0.25) is 12.7 Å². The first-order valence-electron chi connectivity index (χ1n) is 9.53. The molecule has 26 heavy (non-hydrogen) atoms. The topological polar surface area (TPSA) is 51.2 Å². The molecule has 0 saturated carbocycles. The third-order valence-corrected chi connectivity index (χ3v) is 6.50. The average molecular weight is 358 g/mol. The number of carbonyl (C=O) groups excluding carboxylic acids is 1. The summed E-state index contributed by atoms with van der Waals surface area (Å²) >= 11 is 0. The maximum Gasteiger partial charge on any atom is 0.231 e. The van der Waals surface area contributed by atoms with Crippen LogP contribution in [0.15, 0.2) is 18.2 Å². The maximum absolute atomic E-state index is 12.9. The van der Waals surface area contributed by atoms with Gasteiger partial charge in [-0.15, -0.1) is 0 Å². The first kappa shape index (κ1) is 16.4. The number of fused-ring (bicyclic) bond motifs is 2. The fraction of sp³-hybridized carbons (Fsp3) is 0.650. The Hall–Kier alpha value is -1.79. The van der Waals surface area contributed by atoms with E-state index in [1.807, 2.05) is 23.1 Å². The smallest absolute Gasteiger partial charge is 0.231 e. The predicted octanol–water partition coefficient (Wildman–Crippen LogP) is 1.53. The molecule has 1 aromatic rings. The van der Waals surface area contributed by atoms with Gasteiger partial charge in [0.1, 0.15) is 0 Å². The molecule has 1 spiro atoms. The zero-order valence-electron chi connectivity index (χ0n) is 15.4. The van der Waals surface area contributed by atoms with Gasteiger partial charge in [-0.1, -0.05) is 6.07 Å². The number of rotatable bonds is 4. The molecule has 4 aliphatic heterocycles. The molecule has 4 aliphatic rings. The second-order valence-electron chi connectivity index (χ2n) is 8.43. The van der Waals surface area contributed by atoms with Crippen molar-refractivity contribution in [3.05, 3.63) is 23.8 Å². The van der Waals surface area contributed by atoms with Gasteiger partial charge >= 0.3 is 0 Å². The molecule has 4 heterocycles. The highest BCUT2D eigenvalue weighted by atomic mass is 16.7. The number of amides is 1. The first-order valence-corrected chi connectivity index (χ1v) is 9.53. The van der Waals surface area contributed by atoms with Crippen molar-refractivity contribution in [2.75, 3.05) is 40.5 Å². The molecule has 0 N–H and O–H groups in total. The van der Waals surface area contributed by atoms with Crippen LogP contribution >= 0.6 is 0 Å². The van der Waals surface area contributed by atoms with E-state index in [9.17, 15) is 4.79 Å². The van der Waals surface area contributed by atoms with Gasteiger partial charge in [0.15, 0.2) is 11.5 Å². The molecule has 140 valence electrons. The van der Waals surface area contributed by atoms with E-state index in [1.54, 1.807) is 0 Å². The van der Waals surface area contributed by atoms with E-state index in [-0.39, 0.29) is 18.3 Å². The minimum Gasteiger partial charge on any atom is -0.454 e.